The van der Waals surface area contributed by atoms with Crippen molar-refractivity contribution in [1.82, 2.24) is 0 Å². The summed E-state index contributed by atoms with van der Waals surface area (Å²) in [6.07, 6.45) is 0.673. The number of ether oxygens (including phenoxy) is 2. The molecule has 0 fully saturated rings. The van der Waals surface area contributed by atoms with Crippen LogP contribution < -0.4 is 10.1 Å². The van der Waals surface area contributed by atoms with Crippen LogP contribution in [-0.4, -0.2) is 44.6 Å². The average molecular weight is 403 g/mol. The van der Waals surface area contributed by atoms with Gasteiger partial charge in [0.1, 0.15) is 0 Å². The number of esters is 1. The van der Waals surface area contributed by atoms with Crippen molar-refractivity contribution in [1.29, 1.82) is 0 Å². The van der Waals surface area contributed by atoms with Crippen LogP contribution in [0.15, 0.2) is 42.5 Å². The van der Waals surface area contributed by atoms with Crippen LogP contribution in [0.1, 0.15) is 16.7 Å². The van der Waals surface area contributed by atoms with E-state index in [0.717, 1.165) is 28.1 Å². The van der Waals surface area contributed by atoms with E-state index in [9.17, 15) is 9.59 Å². The van der Waals surface area contributed by atoms with E-state index in [1.54, 1.807) is 7.11 Å². The first-order chi connectivity index (χ1) is 13.2. The fourth-order valence-corrected chi connectivity index (χ4v) is 5.07. The summed E-state index contributed by atoms with van der Waals surface area (Å²) in [6.45, 7) is 8.21. The van der Waals surface area contributed by atoms with Crippen molar-refractivity contribution in [3.63, 3.8) is 0 Å². The third-order valence-corrected chi connectivity index (χ3v) is 7.03. The third kappa shape index (κ3) is 6.65. The number of nitrogens with one attached hydrogen (secondary N) is 1. The van der Waals surface area contributed by atoms with Gasteiger partial charge in [-0.2, -0.15) is 0 Å². The molecular weight excluding hydrogens is 373 g/mol. The first kappa shape index (κ1) is 21.9. The summed E-state index contributed by atoms with van der Waals surface area (Å²) >= 11 is 0. The molecule has 0 bridgehead atoms. The number of methoxy groups -OCH3 is 1. The molecule has 1 N–H and O–H groups in total. The number of carbonyl (C=O) groups excluding carboxylic acids is 2. The normalized spacial score (nSPS) is 11.6. The molecule has 0 spiro atoms. The molecule has 0 aliphatic carbocycles. The molecule has 0 aromatic heterocycles. The van der Waals surface area contributed by atoms with Crippen LogP contribution in [0.3, 0.4) is 0 Å². The molecule has 0 saturated carbocycles. The summed E-state index contributed by atoms with van der Waals surface area (Å²) in [6, 6.07) is 13.4. The Bertz CT molecular complexity index is 811. The second-order valence-corrected chi connectivity index (χ2v) is 12.9. The minimum atomic E-state index is -2.09. The number of anilines is 1. The Hall–Kier alpha value is -2.39. The standard InChI is InChI=1S/C22H30NO4P/c1-16-11-19(26-3)12-17(2)22(16)23-20(24)14-28(4,5)15-21(25)27-13-18-9-7-6-8-10-18/h6-12,28H,13-15H2,1-5H3,(H,23,24). The zero-order chi connectivity index (χ0) is 20.7. The van der Waals surface area contributed by atoms with E-state index in [2.05, 4.69) is 5.32 Å². The second kappa shape index (κ2) is 9.70. The van der Waals surface area contributed by atoms with Crippen LogP contribution in [0.25, 0.3) is 0 Å². The van der Waals surface area contributed by atoms with Gasteiger partial charge >= 0.3 is 167 Å². The molecule has 152 valence electrons. The predicted molar refractivity (Wildman–Crippen MR) is 117 cm³/mol. The summed E-state index contributed by atoms with van der Waals surface area (Å²) in [4.78, 5) is 24.8. The molecule has 2 rings (SSSR count). The number of benzene rings is 2. The summed E-state index contributed by atoms with van der Waals surface area (Å²) in [5.74, 6) is 0.456. The molecule has 0 saturated heterocycles. The van der Waals surface area contributed by atoms with Crippen molar-refractivity contribution < 1.29 is 19.1 Å². The van der Waals surface area contributed by atoms with Gasteiger partial charge in [-0.05, 0) is 0 Å². The predicted octanol–water partition coefficient (Wildman–Crippen LogP) is 4.00. The molecule has 0 unspecified atom stereocenters. The molecule has 0 heterocycles. The molecule has 1 amide bonds. The third-order valence-electron chi connectivity index (χ3n) is 4.51. The van der Waals surface area contributed by atoms with Crippen LogP contribution in [0, 0.1) is 13.8 Å². The number of carbonyl (C=O) groups is 2. The Morgan fingerprint density at radius 3 is 2.18 bits per heavy atom. The van der Waals surface area contributed by atoms with Crippen LogP contribution in [0.5, 0.6) is 5.75 Å². The van der Waals surface area contributed by atoms with E-state index < -0.39 is 7.26 Å². The Morgan fingerprint density at radius 1 is 1.00 bits per heavy atom. The van der Waals surface area contributed by atoms with E-state index in [0.29, 0.717) is 12.3 Å². The van der Waals surface area contributed by atoms with Crippen molar-refractivity contribution in [3.05, 3.63) is 59.2 Å². The molecule has 5 nitrogen and oxygen atoms in total. The monoisotopic (exact) mass is 403 g/mol. The Labute approximate surface area is 167 Å². The van der Waals surface area contributed by atoms with Crippen LogP contribution in [0.4, 0.5) is 5.69 Å². The first-order valence-electron chi connectivity index (χ1n) is 9.35. The van der Waals surface area contributed by atoms with Crippen molar-refractivity contribution >= 4 is 24.8 Å². The average Bonchev–Trinajstić information content (AvgIpc) is 2.62. The topological polar surface area (TPSA) is 64.6 Å². The molecule has 2 aromatic rings. The molecule has 2 aromatic carbocycles. The summed E-state index contributed by atoms with van der Waals surface area (Å²) in [5, 5.41) is 3.01. The number of hydrogen-bond acceptors (Lipinski definition) is 4. The minimum absolute atomic E-state index is 0.0658. The van der Waals surface area contributed by atoms with Crippen molar-refractivity contribution in [2.24, 2.45) is 0 Å². The Balaban J connectivity index is 1.90. The zero-order valence-electron chi connectivity index (χ0n) is 17.3. The molecule has 0 radical (unpaired) electrons. The van der Waals surface area contributed by atoms with E-state index in [1.807, 2.05) is 69.6 Å². The SMILES string of the molecule is COc1cc(C)c(NC(=O)C[PH](C)(C)CC(=O)OCc2ccccc2)c(C)c1. The number of amides is 1. The van der Waals surface area contributed by atoms with Gasteiger partial charge in [-0.25, -0.2) is 0 Å². The molecule has 28 heavy (non-hydrogen) atoms. The molecule has 6 heteroatoms. The Morgan fingerprint density at radius 2 is 1.61 bits per heavy atom. The van der Waals surface area contributed by atoms with Gasteiger partial charge in [-0.3, -0.25) is 0 Å². The van der Waals surface area contributed by atoms with Crippen LogP contribution in [-0.2, 0) is 20.9 Å². The molecular formula is C22H30NO4P. The molecule has 0 atom stereocenters. The first-order valence-corrected chi connectivity index (χ1v) is 12.8. The number of aryl methyl sites for hydroxylation is 2. The van der Waals surface area contributed by atoms with Gasteiger partial charge in [0.15, 0.2) is 0 Å². The van der Waals surface area contributed by atoms with Gasteiger partial charge in [0.05, 0.1) is 0 Å². The second-order valence-electron chi connectivity index (χ2n) is 7.85. The summed E-state index contributed by atoms with van der Waals surface area (Å²) < 4.78 is 10.6. The van der Waals surface area contributed by atoms with Gasteiger partial charge in [-0.1, -0.05) is 0 Å². The van der Waals surface area contributed by atoms with E-state index in [-0.39, 0.29) is 18.5 Å². The summed E-state index contributed by atoms with van der Waals surface area (Å²) in [5.41, 5.74) is 3.67. The van der Waals surface area contributed by atoms with E-state index >= 15 is 0 Å². The fraction of sp³-hybridized carbons (Fsp3) is 0.364. The maximum absolute atomic E-state index is 12.6. The van der Waals surface area contributed by atoms with Gasteiger partial charge in [0.2, 0.25) is 0 Å². The quantitative estimate of drug-likeness (QED) is 0.534. The van der Waals surface area contributed by atoms with Crippen LogP contribution >= 0.6 is 7.26 Å². The van der Waals surface area contributed by atoms with Crippen molar-refractivity contribution in [2.75, 3.05) is 38.1 Å². The number of hydrogen-bond donors (Lipinski definition) is 1. The Kier molecular flexibility index (Phi) is 7.59. The van der Waals surface area contributed by atoms with Crippen LogP contribution in [0.2, 0.25) is 0 Å². The molecule has 0 aliphatic rings. The number of rotatable bonds is 8. The van der Waals surface area contributed by atoms with Gasteiger partial charge in [0.25, 0.3) is 0 Å². The van der Waals surface area contributed by atoms with Crippen molar-refractivity contribution in [3.8, 4) is 5.75 Å². The maximum atomic E-state index is 12.6. The van der Waals surface area contributed by atoms with Gasteiger partial charge < -0.3 is 0 Å². The van der Waals surface area contributed by atoms with Crippen molar-refractivity contribution in [2.45, 2.75) is 20.5 Å². The van der Waals surface area contributed by atoms with E-state index in [4.69, 9.17) is 9.47 Å². The van der Waals surface area contributed by atoms with E-state index in [1.165, 1.54) is 0 Å². The van der Waals surface area contributed by atoms with Gasteiger partial charge in [-0.15, -0.1) is 0 Å². The fourth-order valence-electron chi connectivity index (χ4n) is 3.10. The van der Waals surface area contributed by atoms with Gasteiger partial charge in [0, 0.05) is 0 Å². The summed E-state index contributed by atoms with van der Waals surface area (Å²) in [7, 11) is -0.463. The zero-order valence-corrected chi connectivity index (χ0v) is 18.3. The molecule has 0 aliphatic heterocycles.